The Balaban J connectivity index is 1.94. The molecule has 3 nitrogen and oxygen atoms in total. The van der Waals surface area contributed by atoms with Gasteiger partial charge in [0.1, 0.15) is 10.9 Å². The molecule has 3 rings (SSSR count). The molecule has 0 saturated heterocycles. The van der Waals surface area contributed by atoms with Crippen molar-refractivity contribution in [2.75, 3.05) is 0 Å². The van der Waals surface area contributed by atoms with Crippen molar-refractivity contribution in [2.45, 2.75) is 33.1 Å². The molecule has 1 fully saturated rings. The number of nitrogens with zero attached hydrogens (tertiary/aromatic N) is 1. The Labute approximate surface area is 128 Å². The van der Waals surface area contributed by atoms with E-state index in [1.165, 1.54) is 16.9 Å². The van der Waals surface area contributed by atoms with Crippen molar-refractivity contribution in [2.24, 2.45) is 5.41 Å². The second-order valence-corrected chi connectivity index (χ2v) is 7.15. The van der Waals surface area contributed by atoms with Crippen molar-refractivity contribution in [1.82, 2.24) is 4.98 Å². The standard InChI is InChI=1S/C17H17NO2S/c1-10-4-6-11(7-5-10)12-9-21-16(18-12)14-13(19)8-17(2,3)15(14)20/h4-7,9,14H,8H2,1-3H3. The van der Waals surface area contributed by atoms with Gasteiger partial charge in [0.15, 0.2) is 11.6 Å². The van der Waals surface area contributed by atoms with E-state index in [1.54, 1.807) is 0 Å². The Morgan fingerprint density at radius 2 is 1.86 bits per heavy atom. The van der Waals surface area contributed by atoms with E-state index in [1.807, 2.05) is 50.4 Å². The van der Waals surface area contributed by atoms with Crippen molar-refractivity contribution in [1.29, 1.82) is 0 Å². The average molecular weight is 299 g/mol. The quantitative estimate of drug-likeness (QED) is 0.793. The van der Waals surface area contributed by atoms with E-state index in [9.17, 15) is 9.59 Å². The summed E-state index contributed by atoms with van der Waals surface area (Å²) in [6, 6.07) is 8.08. The topological polar surface area (TPSA) is 47.0 Å². The van der Waals surface area contributed by atoms with E-state index in [-0.39, 0.29) is 11.6 Å². The Kier molecular flexibility index (Phi) is 3.29. The SMILES string of the molecule is Cc1ccc(-c2csc(C3C(=O)CC(C)(C)C3=O)n2)cc1. The van der Waals surface area contributed by atoms with Crippen LogP contribution in [0.15, 0.2) is 29.6 Å². The molecule has 1 aliphatic rings. The molecule has 108 valence electrons. The van der Waals surface area contributed by atoms with Gasteiger partial charge < -0.3 is 0 Å². The van der Waals surface area contributed by atoms with E-state index in [0.717, 1.165) is 11.3 Å². The third-order valence-corrected chi connectivity index (χ3v) is 4.89. The highest BCUT2D eigenvalue weighted by Crippen LogP contribution is 2.41. The zero-order valence-corrected chi connectivity index (χ0v) is 13.2. The van der Waals surface area contributed by atoms with Gasteiger partial charge in [0.05, 0.1) is 5.69 Å². The fraction of sp³-hybridized carbons (Fsp3) is 0.353. The molecular weight excluding hydrogens is 282 g/mol. The van der Waals surface area contributed by atoms with Gasteiger partial charge in [0, 0.05) is 22.8 Å². The van der Waals surface area contributed by atoms with Gasteiger partial charge in [0.2, 0.25) is 0 Å². The first-order chi connectivity index (χ1) is 9.88. The summed E-state index contributed by atoms with van der Waals surface area (Å²) in [4.78, 5) is 29.0. The molecule has 0 N–H and O–H groups in total. The molecule has 1 unspecified atom stereocenters. The lowest BCUT2D eigenvalue weighted by Crippen LogP contribution is -2.21. The molecule has 0 radical (unpaired) electrons. The first kappa shape index (κ1) is 14.1. The summed E-state index contributed by atoms with van der Waals surface area (Å²) in [5, 5.41) is 2.55. The van der Waals surface area contributed by atoms with Gasteiger partial charge >= 0.3 is 0 Å². The van der Waals surface area contributed by atoms with Gasteiger partial charge in [-0.1, -0.05) is 43.7 Å². The van der Waals surface area contributed by atoms with Crippen LogP contribution in [-0.2, 0) is 9.59 Å². The molecule has 1 aromatic heterocycles. The van der Waals surface area contributed by atoms with E-state index >= 15 is 0 Å². The molecular formula is C17H17NO2S. The van der Waals surface area contributed by atoms with Gasteiger partial charge in [-0.25, -0.2) is 4.98 Å². The van der Waals surface area contributed by atoms with Crippen molar-refractivity contribution in [3.63, 3.8) is 0 Å². The number of thiazole rings is 1. The van der Waals surface area contributed by atoms with Crippen LogP contribution in [0.2, 0.25) is 0 Å². The van der Waals surface area contributed by atoms with Crippen molar-refractivity contribution >= 4 is 22.9 Å². The molecule has 0 spiro atoms. The Bertz CT molecular complexity index is 713. The lowest BCUT2D eigenvalue weighted by Gasteiger charge is -2.13. The molecule has 1 heterocycles. The van der Waals surface area contributed by atoms with Crippen molar-refractivity contribution < 1.29 is 9.59 Å². The maximum Gasteiger partial charge on any atom is 0.156 e. The summed E-state index contributed by atoms with van der Waals surface area (Å²) in [5.41, 5.74) is 2.48. The highest BCUT2D eigenvalue weighted by Gasteiger charge is 2.48. The van der Waals surface area contributed by atoms with Crippen LogP contribution in [-0.4, -0.2) is 16.6 Å². The molecule has 1 saturated carbocycles. The lowest BCUT2D eigenvalue weighted by molar-refractivity contribution is -0.126. The minimum atomic E-state index is -0.663. The second kappa shape index (κ2) is 4.88. The van der Waals surface area contributed by atoms with Crippen molar-refractivity contribution in [3.05, 3.63) is 40.2 Å². The molecule has 1 atom stereocenters. The smallest absolute Gasteiger partial charge is 0.156 e. The first-order valence-electron chi connectivity index (χ1n) is 6.98. The van der Waals surface area contributed by atoms with Crippen LogP contribution < -0.4 is 0 Å². The van der Waals surface area contributed by atoms with Gasteiger partial charge in [-0.2, -0.15) is 0 Å². The van der Waals surface area contributed by atoms with Gasteiger partial charge in [-0.15, -0.1) is 11.3 Å². The molecule has 0 amide bonds. The Morgan fingerprint density at radius 3 is 2.43 bits per heavy atom. The lowest BCUT2D eigenvalue weighted by atomic mass is 9.89. The number of benzene rings is 1. The number of hydrogen-bond donors (Lipinski definition) is 0. The summed E-state index contributed by atoms with van der Waals surface area (Å²) in [7, 11) is 0. The molecule has 1 aromatic carbocycles. The molecule has 21 heavy (non-hydrogen) atoms. The first-order valence-corrected chi connectivity index (χ1v) is 7.86. The maximum atomic E-state index is 12.4. The van der Waals surface area contributed by atoms with Crippen LogP contribution in [0.4, 0.5) is 0 Å². The molecule has 0 bridgehead atoms. The zero-order valence-electron chi connectivity index (χ0n) is 12.3. The summed E-state index contributed by atoms with van der Waals surface area (Å²) >= 11 is 1.40. The van der Waals surface area contributed by atoms with Crippen LogP contribution in [0.5, 0.6) is 0 Å². The maximum absolute atomic E-state index is 12.4. The molecule has 4 heteroatoms. The summed E-state index contributed by atoms with van der Waals surface area (Å²) in [6.07, 6.45) is 0.315. The molecule has 0 aliphatic heterocycles. The predicted octanol–water partition coefficient (Wildman–Crippen LogP) is 3.77. The zero-order chi connectivity index (χ0) is 15.2. The number of rotatable bonds is 2. The Hall–Kier alpha value is -1.81. The normalized spacial score (nSPS) is 21.0. The monoisotopic (exact) mass is 299 g/mol. The number of carbonyl (C=O) groups excluding carboxylic acids is 2. The third kappa shape index (κ3) is 2.44. The second-order valence-electron chi connectivity index (χ2n) is 6.26. The minimum absolute atomic E-state index is 0.00249. The number of Topliss-reactive ketones (excluding diaryl/α,β-unsaturated/α-hetero) is 2. The van der Waals surface area contributed by atoms with E-state index in [2.05, 4.69) is 4.98 Å². The Morgan fingerprint density at radius 1 is 1.19 bits per heavy atom. The number of aromatic nitrogens is 1. The van der Waals surface area contributed by atoms with E-state index in [4.69, 9.17) is 0 Å². The summed E-state index contributed by atoms with van der Waals surface area (Å²) in [5.74, 6) is -0.670. The van der Waals surface area contributed by atoms with Gasteiger partial charge in [0.25, 0.3) is 0 Å². The van der Waals surface area contributed by atoms with Crippen LogP contribution in [0.25, 0.3) is 11.3 Å². The highest BCUT2D eigenvalue weighted by atomic mass is 32.1. The number of hydrogen-bond acceptors (Lipinski definition) is 4. The molecule has 1 aliphatic carbocycles. The van der Waals surface area contributed by atoms with Crippen molar-refractivity contribution in [3.8, 4) is 11.3 Å². The fourth-order valence-electron chi connectivity index (χ4n) is 2.69. The third-order valence-electron chi connectivity index (χ3n) is 3.98. The van der Waals surface area contributed by atoms with Crippen LogP contribution >= 0.6 is 11.3 Å². The van der Waals surface area contributed by atoms with Gasteiger partial charge in [-0.05, 0) is 6.92 Å². The van der Waals surface area contributed by atoms with Crippen LogP contribution in [0.1, 0.15) is 36.8 Å². The number of aryl methyl sites for hydroxylation is 1. The minimum Gasteiger partial charge on any atom is -0.298 e. The fourth-order valence-corrected chi connectivity index (χ4v) is 3.64. The number of ketones is 2. The number of carbonyl (C=O) groups is 2. The summed E-state index contributed by atoms with van der Waals surface area (Å²) < 4.78 is 0. The summed E-state index contributed by atoms with van der Waals surface area (Å²) in [6.45, 7) is 5.71. The van der Waals surface area contributed by atoms with Gasteiger partial charge in [-0.3, -0.25) is 9.59 Å². The highest BCUT2D eigenvalue weighted by molar-refractivity contribution is 7.10. The molecule has 2 aromatic rings. The largest absolute Gasteiger partial charge is 0.298 e. The van der Waals surface area contributed by atoms with Crippen LogP contribution in [0, 0.1) is 12.3 Å². The predicted molar refractivity (Wildman–Crippen MR) is 83.4 cm³/mol. The van der Waals surface area contributed by atoms with Crippen LogP contribution in [0.3, 0.4) is 0 Å². The average Bonchev–Trinajstić information content (AvgIpc) is 2.95. The van der Waals surface area contributed by atoms with E-state index < -0.39 is 11.3 Å². The van der Waals surface area contributed by atoms with E-state index in [0.29, 0.717) is 11.4 Å².